The van der Waals surface area contributed by atoms with Crippen LogP contribution < -0.4 is 5.32 Å². The number of rotatable bonds is 0. The van der Waals surface area contributed by atoms with E-state index in [9.17, 15) is 0 Å². The second-order valence-corrected chi connectivity index (χ2v) is 5.97. The molecule has 0 aromatic carbocycles. The Morgan fingerprint density at radius 3 is 2.38 bits per heavy atom. The quantitative estimate of drug-likeness (QED) is 0.640. The molecule has 3 fully saturated rings. The summed E-state index contributed by atoms with van der Waals surface area (Å²) in [6.45, 7) is 2.22. The minimum atomic E-state index is 0.0824. The SMILES string of the molecule is C1CC2(CCS1)NCC1(CC1)CO2. The zero-order valence-corrected chi connectivity index (χ0v) is 8.79. The Morgan fingerprint density at radius 2 is 1.85 bits per heavy atom. The van der Waals surface area contributed by atoms with E-state index in [0.29, 0.717) is 5.41 Å². The van der Waals surface area contributed by atoms with Crippen molar-refractivity contribution in [2.45, 2.75) is 31.4 Å². The highest BCUT2D eigenvalue weighted by atomic mass is 32.2. The Bertz CT molecular complexity index is 197. The van der Waals surface area contributed by atoms with Crippen LogP contribution in [0.2, 0.25) is 0 Å². The van der Waals surface area contributed by atoms with E-state index in [2.05, 4.69) is 17.1 Å². The van der Waals surface area contributed by atoms with Gasteiger partial charge in [0, 0.05) is 12.0 Å². The van der Waals surface area contributed by atoms with E-state index in [0.717, 1.165) is 6.61 Å². The predicted octanol–water partition coefficient (Wildman–Crippen LogP) is 1.61. The van der Waals surface area contributed by atoms with Gasteiger partial charge >= 0.3 is 0 Å². The van der Waals surface area contributed by atoms with Crippen molar-refractivity contribution in [1.29, 1.82) is 0 Å². The van der Waals surface area contributed by atoms with Gasteiger partial charge < -0.3 is 4.74 Å². The van der Waals surface area contributed by atoms with Crippen LogP contribution in [0, 0.1) is 5.41 Å². The van der Waals surface area contributed by atoms with Crippen molar-refractivity contribution in [1.82, 2.24) is 5.32 Å². The number of nitrogens with one attached hydrogen (secondary N) is 1. The molecule has 0 aromatic rings. The molecule has 0 aromatic heterocycles. The van der Waals surface area contributed by atoms with Gasteiger partial charge in [-0.25, -0.2) is 0 Å². The lowest BCUT2D eigenvalue weighted by molar-refractivity contribution is -0.126. The van der Waals surface area contributed by atoms with E-state index in [4.69, 9.17) is 4.74 Å². The van der Waals surface area contributed by atoms with Gasteiger partial charge in [0.1, 0.15) is 5.72 Å². The molecule has 2 aliphatic heterocycles. The molecular formula is C10H17NOS. The van der Waals surface area contributed by atoms with Gasteiger partial charge in [-0.3, -0.25) is 5.32 Å². The third-order valence-corrected chi connectivity index (χ3v) is 4.68. The van der Waals surface area contributed by atoms with Crippen molar-refractivity contribution in [3.05, 3.63) is 0 Å². The lowest BCUT2D eigenvalue weighted by Gasteiger charge is -2.43. The highest BCUT2D eigenvalue weighted by Crippen LogP contribution is 2.49. The summed E-state index contributed by atoms with van der Waals surface area (Å²) in [6.07, 6.45) is 5.16. The zero-order chi connectivity index (χ0) is 8.78. The fraction of sp³-hybridized carbons (Fsp3) is 1.00. The zero-order valence-electron chi connectivity index (χ0n) is 7.97. The topological polar surface area (TPSA) is 21.3 Å². The van der Waals surface area contributed by atoms with Gasteiger partial charge in [0.05, 0.1) is 6.61 Å². The first-order valence-corrected chi connectivity index (χ1v) is 6.45. The van der Waals surface area contributed by atoms with Crippen LogP contribution in [0.4, 0.5) is 0 Å². The Balaban J connectivity index is 1.65. The molecule has 1 aliphatic carbocycles. The van der Waals surface area contributed by atoms with Crippen LogP contribution in [0.25, 0.3) is 0 Å². The van der Waals surface area contributed by atoms with Crippen LogP contribution >= 0.6 is 11.8 Å². The lowest BCUT2D eigenvalue weighted by Crippen LogP contribution is -2.57. The summed E-state index contributed by atoms with van der Waals surface area (Å²) in [5, 5.41) is 3.65. The monoisotopic (exact) mass is 199 g/mol. The smallest absolute Gasteiger partial charge is 0.120 e. The minimum Gasteiger partial charge on any atom is -0.360 e. The molecule has 13 heavy (non-hydrogen) atoms. The van der Waals surface area contributed by atoms with Gasteiger partial charge in [0.2, 0.25) is 0 Å². The fourth-order valence-electron chi connectivity index (χ4n) is 2.26. The molecule has 0 bridgehead atoms. The van der Waals surface area contributed by atoms with Gasteiger partial charge in [-0.2, -0.15) is 11.8 Å². The average molecular weight is 199 g/mol. The van der Waals surface area contributed by atoms with E-state index in [1.165, 1.54) is 43.7 Å². The Hall–Kier alpha value is 0.270. The van der Waals surface area contributed by atoms with Crippen molar-refractivity contribution < 1.29 is 4.74 Å². The molecule has 2 spiro atoms. The van der Waals surface area contributed by atoms with E-state index in [1.54, 1.807) is 0 Å². The lowest BCUT2D eigenvalue weighted by atomic mass is 10.00. The normalized spacial score (nSPS) is 35.1. The Morgan fingerprint density at radius 1 is 1.08 bits per heavy atom. The molecule has 0 amide bonds. The van der Waals surface area contributed by atoms with Crippen molar-refractivity contribution in [3.63, 3.8) is 0 Å². The first kappa shape index (κ1) is 8.57. The largest absolute Gasteiger partial charge is 0.360 e. The van der Waals surface area contributed by atoms with Crippen LogP contribution in [-0.4, -0.2) is 30.4 Å². The first-order chi connectivity index (χ1) is 6.33. The molecule has 3 rings (SSSR count). The van der Waals surface area contributed by atoms with E-state index >= 15 is 0 Å². The van der Waals surface area contributed by atoms with E-state index in [-0.39, 0.29) is 5.72 Å². The molecule has 0 unspecified atom stereocenters. The molecule has 3 heteroatoms. The molecule has 74 valence electrons. The maximum absolute atomic E-state index is 6.06. The Kier molecular flexibility index (Phi) is 1.90. The minimum absolute atomic E-state index is 0.0824. The van der Waals surface area contributed by atoms with E-state index in [1.807, 2.05) is 0 Å². The van der Waals surface area contributed by atoms with Crippen molar-refractivity contribution in [3.8, 4) is 0 Å². The summed E-state index contributed by atoms with van der Waals surface area (Å²) in [4.78, 5) is 0. The van der Waals surface area contributed by atoms with Gasteiger partial charge in [-0.15, -0.1) is 0 Å². The summed E-state index contributed by atoms with van der Waals surface area (Å²) in [5.74, 6) is 2.53. The summed E-state index contributed by atoms with van der Waals surface area (Å²) < 4.78 is 6.06. The standard InChI is InChI=1S/C10H17NOS/c1-2-9(1)7-11-10(12-8-9)3-5-13-6-4-10/h11H,1-8H2. The number of hydrogen-bond donors (Lipinski definition) is 1. The van der Waals surface area contributed by atoms with Crippen LogP contribution in [0.15, 0.2) is 0 Å². The maximum Gasteiger partial charge on any atom is 0.120 e. The fourth-order valence-corrected chi connectivity index (χ4v) is 3.41. The Labute approximate surface area is 83.8 Å². The molecule has 0 radical (unpaired) electrons. The van der Waals surface area contributed by atoms with Crippen LogP contribution in [0.3, 0.4) is 0 Å². The third-order valence-electron chi connectivity index (χ3n) is 3.70. The molecule has 2 saturated heterocycles. The number of hydrogen-bond acceptors (Lipinski definition) is 3. The molecule has 2 nitrogen and oxygen atoms in total. The first-order valence-electron chi connectivity index (χ1n) is 5.30. The third kappa shape index (κ3) is 1.51. The predicted molar refractivity (Wildman–Crippen MR) is 54.9 cm³/mol. The summed E-state index contributed by atoms with van der Waals surface area (Å²) in [5.41, 5.74) is 0.648. The van der Waals surface area contributed by atoms with Crippen LogP contribution in [0.1, 0.15) is 25.7 Å². The summed E-state index contributed by atoms with van der Waals surface area (Å²) >= 11 is 2.06. The molecule has 1 N–H and O–H groups in total. The molecule has 3 aliphatic rings. The second kappa shape index (κ2) is 2.88. The van der Waals surface area contributed by atoms with Gasteiger partial charge in [0.15, 0.2) is 0 Å². The van der Waals surface area contributed by atoms with Crippen LogP contribution in [-0.2, 0) is 4.74 Å². The number of ether oxygens (including phenoxy) is 1. The van der Waals surface area contributed by atoms with E-state index < -0.39 is 0 Å². The number of thioether (sulfide) groups is 1. The maximum atomic E-state index is 6.06. The van der Waals surface area contributed by atoms with Crippen molar-refractivity contribution in [2.75, 3.05) is 24.7 Å². The molecule has 2 heterocycles. The van der Waals surface area contributed by atoms with Gasteiger partial charge in [0.25, 0.3) is 0 Å². The highest BCUT2D eigenvalue weighted by molar-refractivity contribution is 7.99. The van der Waals surface area contributed by atoms with Crippen LogP contribution in [0.5, 0.6) is 0 Å². The summed E-state index contributed by atoms with van der Waals surface area (Å²) in [6, 6.07) is 0. The van der Waals surface area contributed by atoms with Crippen molar-refractivity contribution >= 4 is 11.8 Å². The molecule has 0 atom stereocenters. The molecular weight excluding hydrogens is 182 g/mol. The van der Waals surface area contributed by atoms with Gasteiger partial charge in [-0.05, 0) is 37.2 Å². The summed E-state index contributed by atoms with van der Waals surface area (Å²) in [7, 11) is 0. The second-order valence-electron chi connectivity index (χ2n) is 4.75. The average Bonchev–Trinajstić information content (AvgIpc) is 2.94. The molecule has 1 saturated carbocycles. The van der Waals surface area contributed by atoms with Gasteiger partial charge in [-0.1, -0.05) is 0 Å². The highest BCUT2D eigenvalue weighted by Gasteiger charge is 2.50. The van der Waals surface area contributed by atoms with Crippen molar-refractivity contribution in [2.24, 2.45) is 5.41 Å².